The standard InChI is InChI=1S/C33H40N4O6/c1-40-26-13-9-24(10-14-26)33(23-7-4-3-5-8-23,25-11-15-27(41-2)16-12-25)42-22-29-28(38)21-30(43-29)37-20-18-32(35,17-6-19-34)36-31(37)39/h3-5,7-16,18,20,28-30,38H,6,17,19,21-22,34-35H2,1-2H3,(H,36,39)/t28-,29+,30+,32?/m0/s1. The summed E-state index contributed by atoms with van der Waals surface area (Å²) in [6, 6.07) is 24.9. The molecule has 1 fully saturated rings. The second-order valence-corrected chi connectivity index (χ2v) is 10.8. The van der Waals surface area contributed by atoms with Gasteiger partial charge in [-0.3, -0.25) is 4.90 Å². The number of aliphatic hydroxyl groups is 1. The van der Waals surface area contributed by atoms with Crippen molar-refractivity contribution in [3.05, 3.63) is 108 Å². The first kappa shape index (κ1) is 30.5. The zero-order chi connectivity index (χ0) is 30.5. The summed E-state index contributed by atoms with van der Waals surface area (Å²) in [6.07, 6.45) is 2.51. The molecule has 2 amide bonds. The average molecular weight is 589 g/mol. The molecule has 3 aromatic carbocycles. The van der Waals surface area contributed by atoms with E-state index in [9.17, 15) is 9.90 Å². The van der Waals surface area contributed by atoms with Crippen molar-refractivity contribution >= 4 is 6.03 Å². The minimum Gasteiger partial charge on any atom is -0.497 e. The van der Waals surface area contributed by atoms with Crippen LogP contribution in [0.1, 0.15) is 36.0 Å². The van der Waals surface area contributed by atoms with Gasteiger partial charge in [-0.2, -0.15) is 0 Å². The topological polar surface area (TPSA) is 142 Å². The molecule has 3 aromatic rings. The molecule has 4 atom stereocenters. The van der Waals surface area contributed by atoms with E-state index in [0.29, 0.717) is 19.4 Å². The van der Waals surface area contributed by atoms with Gasteiger partial charge in [0.05, 0.1) is 26.9 Å². The molecule has 43 heavy (non-hydrogen) atoms. The highest BCUT2D eigenvalue weighted by molar-refractivity contribution is 5.78. The lowest BCUT2D eigenvalue weighted by Crippen LogP contribution is -2.61. The van der Waals surface area contributed by atoms with Crippen molar-refractivity contribution in [2.75, 3.05) is 27.4 Å². The van der Waals surface area contributed by atoms with Gasteiger partial charge in [0.15, 0.2) is 0 Å². The number of rotatable bonds is 12. The Balaban J connectivity index is 1.44. The smallest absolute Gasteiger partial charge is 0.325 e. The first-order chi connectivity index (χ1) is 20.8. The first-order valence-corrected chi connectivity index (χ1v) is 14.4. The first-order valence-electron chi connectivity index (χ1n) is 14.4. The lowest BCUT2D eigenvalue weighted by molar-refractivity contribution is -0.0979. The predicted molar refractivity (Wildman–Crippen MR) is 162 cm³/mol. The monoisotopic (exact) mass is 588 g/mol. The summed E-state index contributed by atoms with van der Waals surface area (Å²) in [7, 11) is 3.25. The van der Waals surface area contributed by atoms with E-state index < -0.39 is 35.7 Å². The molecule has 1 unspecified atom stereocenters. The summed E-state index contributed by atoms with van der Waals surface area (Å²) in [6.45, 7) is 0.518. The Labute approximate surface area is 252 Å². The number of benzene rings is 3. The third-order valence-corrected chi connectivity index (χ3v) is 8.05. The summed E-state index contributed by atoms with van der Waals surface area (Å²) in [5, 5.41) is 13.9. The van der Waals surface area contributed by atoms with Gasteiger partial charge in [-0.1, -0.05) is 54.6 Å². The normalized spacial score (nSPS) is 23.7. The van der Waals surface area contributed by atoms with Gasteiger partial charge in [0.1, 0.15) is 35.1 Å². The number of carbonyl (C=O) groups is 1. The van der Waals surface area contributed by atoms with Crippen molar-refractivity contribution in [1.82, 2.24) is 10.2 Å². The number of ether oxygens (including phenoxy) is 4. The maximum atomic E-state index is 13.0. The van der Waals surface area contributed by atoms with Crippen molar-refractivity contribution in [3.63, 3.8) is 0 Å². The Morgan fingerprint density at radius 1 is 0.977 bits per heavy atom. The molecule has 0 aromatic heterocycles. The molecular formula is C33H40N4O6. The van der Waals surface area contributed by atoms with Crippen LogP contribution in [0.15, 0.2) is 91.1 Å². The minimum absolute atomic E-state index is 0.0428. The van der Waals surface area contributed by atoms with Gasteiger partial charge in [0.2, 0.25) is 0 Å². The number of hydrogen-bond acceptors (Lipinski definition) is 8. The molecule has 10 heteroatoms. The van der Waals surface area contributed by atoms with Gasteiger partial charge < -0.3 is 40.8 Å². The molecule has 0 bridgehead atoms. The zero-order valence-corrected chi connectivity index (χ0v) is 24.5. The number of aliphatic hydroxyl groups excluding tert-OH is 1. The average Bonchev–Trinajstić information content (AvgIpc) is 3.41. The molecular weight excluding hydrogens is 548 g/mol. The third-order valence-electron chi connectivity index (χ3n) is 8.05. The summed E-state index contributed by atoms with van der Waals surface area (Å²) in [5.74, 6) is 1.44. The van der Waals surface area contributed by atoms with E-state index in [1.54, 1.807) is 26.5 Å². The molecule has 0 aliphatic carbocycles. The van der Waals surface area contributed by atoms with Crippen molar-refractivity contribution in [3.8, 4) is 11.5 Å². The van der Waals surface area contributed by atoms with Crippen molar-refractivity contribution < 1.29 is 28.8 Å². The fraction of sp³-hybridized carbons (Fsp3) is 0.364. The molecule has 10 nitrogen and oxygen atoms in total. The number of nitrogens with one attached hydrogen (secondary N) is 1. The molecule has 0 radical (unpaired) electrons. The Bertz CT molecular complexity index is 1340. The van der Waals surface area contributed by atoms with Gasteiger partial charge in [-0.25, -0.2) is 4.79 Å². The molecule has 2 aliphatic rings. The Hall–Kier alpha value is -3.93. The van der Waals surface area contributed by atoms with Crippen LogP contribution in [0.25, 0.3) is 0 Å². The molecule has 0 saturated carbocycles. The summed E-state index contributed by atoms with van der Waals surface area (Å²) in [5.41, 5.74) is 12.5. The summed E-state index contributed by atoms with van der Waals surface area (Å²) >= 11 is 0. The second kappa shape index (κ2) is 13.2. The van der Waals surface area contributed by atoms with Gasteiger partial charge in [0.25, 0.3) is 0 Å². The second-order valence-electron chi connectivity index (χ2n) is 10.8. The highest BCUT2D eigenvalue weighted by atomic mass is 16.6. The Kier molecular flexibility index (Phi) is 9.34. The molecule has 228 valence electrons. The molecule has 5 rings (SSSR count). The van der Waals surface area contributed by atoms with E-state index in [2.05, 4.69) is 5.32 Å². The lowest BCUT2D eigenvalue weighted by atomic mass is 9.80. The van der Waals surface area contributed by atoms with Crippen LogP contribution in [-0.2, 0) is 15.1 Å². The highest BCUT2D eigenvalue weighted by Crippen LogP contribution is 2.42. The van der Waals surface area contributed by atoms with Crippen LogP contribution in [0.3, 0.4) is 0 Å². The highest BCUT2D eigenvalue weighted by Gasteiger charge is 2.44. The van der Waals surface area contributed by atoms with Crippen LogP contribution in [0.2, 0.25) is 0 Å². The fourth-order valence-electron chi connectivity index (χ4n) is 5.67. The number of nitrogens with zero attached hydrogens (tertiary/aromatic N) is 1. The van der Waals surface area contributed by atoms with Crippen molar-refractivity contribution in [1.29, 1.82) is 0 Å². The third kappa shape index (κ3) is 6.39. The van der Waals surface area contributed by atoms with Crippen LogP contribution < -0.4 is 26.3 Å². The van der Waals surface area contributed by atoms with Crippen LogP contribution in [-0.4, -0.2) is 67.5 Å². The quantitative estimate of drug-likeness (QED) is 0.236. The summed E-state index contributed by atoms with van der Waals surface area (Å²) < 4.78 is 24.0. The van der Waals surface area contributed by atoms with Crippen LogP contribution in [0.4, 0.5) is 4.79 Å². The van der Waals surface area contributed by atoms with E-state index in [4.69, 9.17) is 30.4 Å². The van der Waals surface area contributed by atoms with E-state index in [0.717, 1.165) is 28.2 Å². The van der Waals surface area contributed by atoms with Gasteiger partial charge in [-0.05, 0) is 66.4 Å². The largest absolute Gasteiger partial charge is 0.497 e. The number of methoxy groups -OCH3 is 2. The van der Waals surface area contributed by atoms with Crippen molar-refractivity contribution in [2.45, 2.75) is 49.0 Å². The summed E-state index contributed by atoms with van der Waals surface area (Å²) in [4.78, 5) is 14.4. The van der Waals surface area contributed by atoms with Crippen LogP contribution in [0, 0.1) is 0 Å². The van der Waals surface area contributed by atoms with E-state index in [-0.39, 0.29) is 13.0 Å². The SMILES string of the molecule is COc1ccc(C(OC[C@H]2O[C@@H](N3C=CC(N)(CCCN)NC3=O)C[C@@H]2O)(c2ccccc2)c2ccc(OC)cc2)cc1. The maximum absolute atomic E-state index is 13.0. The number of urea groups is 1. The van der Waals surface area contributed by atoms with Gasteiger partial charge in [-0.15, -0.1) is 0 Å². The number of amides is 2. The van der Waals surface area contributed by atoms with Crippen LogP contribution in [0.5, 0.6) is 11.5 Å². The van der Waals surface area contributed by atoms with E-state index in [1.165, 1.54) is 4.90 Å². The number of carbonyl (C=O) groups excluding carboxylic acids is 1. The van der Waals surface area contributed by atoms with Gasteiger partial charge >= 0.3 is 6.03 Å². The molecule has 1 saturated heterocycles. The Morgan fingerprint density at radius 3 is 2.09 bits per heavy atom. The minimum atomic E-state index is -1.06. The van der Waals surface area contributed by atoms with Crippen molar-refractivity contribution in [2.24, 2.45) is 11.5 Å². The molecule has 2 aliphatic heterocycles. The fourth-order valence-corrected chi connectivity index (χ4v) is 5.67. The predicted octanol–water partition coefficient (Wildman–Crippen LogP) is 3.42. The number of nitrogens with two attached hydrogens (primary N) is 2. The molecule has 6 N–H and O–H groups in total. The molecule has 0 spiro atoms. The lowest BCUT2D eigenvalue weighted by Gasteiger charge is -2.38. The van der Waals surface area contributed by atoms with E-state index >= 15 is 0 Å². The zero-order valence-electron chi connectivity index (χ0n) is 24.5. The maximum Gasteiger partial charge on any atom is 0.325 e. The number of hydrogen-bond donors (Lipinski definition) is 4. The van der Waals surface area contributed by atoms with Crippen LogP contribution >= 0.6 is 0 Å². The van der Waals surface area contributed by atoms with Gasteiger partial charge in [0, 0.05) is 12.6 Å². The Morgan fingerprint density at radius 2 is 1.56 bits per heavy atom. The molecule has 2 heterocycles. The van der Waals surface area contributed by atoms with E-state index in [1.807, 2.05) is 78.9 Å².